The van der Waals surface area contributed by atoms with E-state index in [0.717, 1.165) is 6.42 Å². The molecule has 4 aliphatic carbocycles. The molecule has 0 aromatic heterocycles. The summed E-state index contributed by atoms with van der Waals surface area (Å²) in [5.74, 6) is -2.28. The van der Waals surface area contributed by atoms with E-state index in [1.54, 1.807) is 0 Å². The second-order valence-corrected chi connectivity index (χ2v) is 16.8. The molecule has 4 saturated carbocycles. The van der Waals surface area contributed by atoms with Gasteiger partial charge < -0.3 is 34.3 Å². The van der Waals surface area contributed by atoms with E-state index in [4.69, 9.17) is 18.9 Å². The molecule has 0 radical (unpaired) electrons. The molecule has 2 heterocycles. The fourth-order valence-electron chi connectivity index (χ4n) is 11.0. The minimum Gasteiger partial charge on any atom is -0.390 e. The zero-order valence-electron chi connectivity index (χ0n) is 26.7. The summed E-state index contributed by atoms with van der Waals surface area (Å²) >= 11 is 0. The van der Waals surface area contributed by atoms with E-state index in [-0.39, 0.29) is 42.4 Å². The first kappa shape index (κ1) is 30.4. The molecule has 6 aliphatic rings. The lowest BCUT2D eigenvalue weighted by Gasteiger charge is -2.67. The maximum atomic E-state index is 13.9. The molecular formula is C33H54O8. The van der Waals surface area contributed by atoms with Gasteiger partial charge in [-0.3, -0.25) is 4.79 Å². The number of Topliss-reactive ketones (excluding diaryl/α,β-unsaturated/α-hetero) is 1. The van der Waals surface area contributed by atoms with Gasteiger partial charge in [-0.05, 0) is 106 Å². The third kappa shape index (κ3) is 4.21. The number of hydrogen-bond donors (Lipinski definition) is 3. The van der Waals surface area contributed by atoms with Crippen molar-refractivity contribution in [3.8, 4) is 0 Å². The minimum absolute atomic E-state index is 0.0399. The predicted molar refractivity (Wildman–Crippen MR) is 152 cm³/mol. The molecule has 0 spiro atoms. The molecule has 0 aromatic carbocycles. The Balaban J connectivity index is 1.34. The second kappa shape index (κ2) is 8.76. The maximum absolute atomic E-state index is 13.9. The van der Waals surface area contributed by atoms with Crippen molar-refractivity contribution in [1.29, 1.82) is 0 Å². The molecule has 8 nitrogen and oxygen atoms in total. The van der Waals surface area contributed by atoms with Crippen molar-refractivity contribution in [3.63, 3.8) is 0 Å². The summed E-state index contributed by atoms with van der Waals surface area (Å²) in [6, 6.07) is 0. The van der Waals surface area contributed by atoms with Crippen molar-refractivity contribution >= 4 is 5.78 Å². The third-order valence-electron chi connectivity index (χ3n) is 12.9. The van der Waals surface area contributed by atoms with Gasteiger partial charge in [-0.25, -0.2) is 0 Å². The molecule has 234 valence electrons. The van der Waals surface area contributed by atoms with Crippen LogP contribution < -0.4 is 0 Å². The summed E-state index contributed by atoms with van der Waals surface area (Å²) in [5, 5.41) is 36.1. The fourth-order valence-corrected chi connectivity index (χ4v) is 11.0. The van der Waals surface area contributed by atoms with Crippen LogP contribution >= 0.6 is 0 Å². The summed E-state index contributed by atoms with van der Waals surface area (Å²) in [6.45, 7) is 17.7. The average molecular weight is 579 g/mol. The van der Waals surface area contributed by atoms with Crippen LogP contribution in [0.25, 0.3) is 0 Å². The molecule has 0 bridgehead atoms. The van der Waals surface area contributed by atoms with E-state index in [1.807, 2.05) is 41.5 Å². The topological polar surface area (TPSA) is 115 Å². The number of ether oxygens (including phenoxy) is 4. The molecule has 6 rings (SSSR count). The lowest BCUT2D eigenvalue weighted by atomic mass is 9.40. The van der Waals surface area contributed by atoms with Gasteiger partial charge in [0, 0.05) is 29.1 Å². The zero-order valence-corrected chi connectivity index (χ0v) is 26.7. The predicted octanol–water partition coefficient (Wildman–Crippen LogP) is 4.65. The highest BCUT2D eigenvalue weighted by Gasteiger charge is 2.77. The first-order chi connectivity index (χ1) is 18.6. The van der Waals surface area contributed by atoms with E-state index in [1.165, 1.54) is 0 Å². The Hall–Kier alpha value is -0.610. The third-order valence-corrected chi connectivity index (χ3v) is 12.9. The summed E-state index contributed by atoms with van der Waals surface area (Å²) < 4.78 is 25.7. The highest BCUT2D eigenvalue weighted by Crippen LogP contribution is 2.72. The van der Waals surface area contributed by atoms with Crippen LogP contribution in [0.1, 0.15) is 120 Å². The number of ketones is 1. The summed E-state index contributed by atoms with van der Waals surface area (Å²) in [7, 11) is 0. The first-order valence-electron chi connectivity index (χ1n) is 16.0. The summed E-state index contributed by atoms with van der Waals surface area (Å²) in [4.78, 5) is 13.9. The summed E-state index contributed by atoms with van der Waals surface area (Å²) in [5.41, 5.74) is -5.21. The molecule has 11 atom stereocenters. The number of rotatable bonds is 4. The highest BCUT2D eigenvalue weighted by atomic mass is 16.8. The van der Waals surface area contributed by atoms with Gasteiger partial charge in [0.1, 0.15) is 5.78 Å². The van der Waals surface area contributed by atoms with Gasteiger partial charge in [-0.2, -0.15) is 0 Å². The van der Waals surface area contributed by atoms with E-state index >= 15 is 0 Å². The number of hydrogen-bond acceptors (Lipinski definition) is 8. The van der Waals surface area contributed by atoms with Crippen molar-refractivity contribution in [2.45, 2.75) is 172 Å². The molecule has 6 fully saturated rings. The average Bonchev–Trinajstić information content (AvgIpc) is 3.37. The van der Waals surface area contributed by atoms with Crippen molar-refractivity contribution in [1.82, 2.24) is 0 Å². The Bertz CT molecular complexity index is 1100. The normalized spacial score (nSPS) is 53.9. The van der Waals surface area contributed by atoms with E-state index < -0.39 is 50.7 Å². The molecule has 0 amide bonds. The van der Waals surface area contributed by atoms with Gasteiger partial charge >= 0.3 is 0 Å². The molecule has 8 heteroatoms. The van der Waals surface area contributed by atoms with Gasteiger partial charge in [0.25, 0.3) is 0 Å². The first-order valence-corrected chi connectivity index (χ1v) is 16.0. The fraction of sp³-hybridized carbons (Fsp3) is 0.970. The Morgan fingerprint density at radius 1 is 0.829 bits per heavy atom. The smallest absolute Gasteiger partial charge is 0.164 e. The van der Waals surface area contributed by atoms with Crippen LogP contribution in [0, 0.1) is 28.6 Å². The lowest BCUT2D eigenvalue weighted by molar-refractivity contribution is -0.288. The van der Waals surface area contributed by atoms with Crippen molar-refractivity contribution in [3.05, 3.63) is 0 Å². The molecule has 3 N–H and O–H groups in total. The lowest BCUT2D eigenvalue weighted by Crippen LogP contribution is -2.74. The molecule has 2 saturated heterocycles. The zero-order chi connectivity index (χ0) is 30.2. The quantitative estimate of drug-likeness (QED) is 0.442. The van der Waals surface area contributed by atoms with Crippen molar-refractivity contribution < 1.29 is 39.1 Å². The Kier molecular flexibility index (Phi) is 6.50. The maximum Gasteiger partial charge on any atom is 0.164 e. The molecule has 2 aliphatic heterocycles. The number of aliphatic hydroxyl groups is 3. The van der Waals surface area contributed by atoms with Crippen LogP contribution in [0.5, 0.6) is 0 Å². The minimum atomic E-state index is -1.22. The van der Waals surface area contributed by atoms with E-state index in [9.17, 15) is 20.1 Å². The van der Waals surface area contributed by atoms with Crippen LogP contribution in [0.4, 0.5) is 0 Å². The van der Waals surface area contributed by atoms with Gasteiger partial charge in [0.15, 0.2) is 11.6 Å². The van der Waals surface area contributed by atoms with Gasteiger partial charge in [0.05, 0.1) is 40.7 Å². The molecule has 0 aromatic rings. The highest BCUT2D eigenvalue weighted by molar-refractivity contribution is 5.84. The van der Waals surface area contributed by atoms with Crippen LogP contribution in [-0.2, 0) is 23.7 Å². The number of carbonyl (C=O) groups excluding carboxylic acids is 1. The SMILES string of the molecule is CC(C)(O)CC[C@H]1OC(C)(C)O[C@]1(C)[C@H]1CC[C@@]2(O)[C@H]3CC(=O)[C@H]4C[C@H]5OC(C)(C)O[C@H]5C[C@]4(C)[C@@]3(O)CC[C@]12C. The van der Waals surface area contributed by atoms with Crippen molar-refractivity contribution in [2.75, 3.05) is 0 Å². The van der Waals surface area contributed by atoms with Crippen LogP contribution in [0.2, 0.25) is 0 Å². The molecule has 41 heavy (non-hydrogen) atoms. The molecular weight excluding hydrogens is 524 g/mol. The molecule has 0 unspecified atom stereocenters. The number of carbonyl (C=O) groups is 1. The Morgan fingerprint density at radius 3 is 2.12 bits per heavy atom. The monoisotopic (exact) mass is 578 g/mol. The van der Waals surface area contributed by atoms with Crippen molar-refractivity contribution in [2.24, 2.45) is 28.6 Å². The Labute approximate surface area is 245 Å². The largest absolute Gasteiger partial charge is 0.390 e. The summed E-state index contributed by atoms with van der Waals surface area (Å²) in [6.07, 6.45) is 4.29. The van der Waals surface area contributed by atoms with E-state index in [0.29, 0.717) is 44.9 Å². The van der Waals surface area contributed by atoms with Crippen LogP contribution in [-0.4, -0.2) is 73.4 Å². The van der Waals surface area contributed by atoms with Gasteiger partial charge in [-0.15, -0.1) is 0 Å². The Morgan fingerprint density at radius 2 is 1.46 bits per heavy atom. The van der Waals surface area contributed by atoms with Crippen LogP contribution in [0.15, 0.2) is 0 Å². The standard InChI is InChI=1S/C33H54O8/c1-26(2,35)12-11-25-31(9,41-28(5,6)40-25)23-10-13-32(36)24-17-20(34)19-16-21-22(39-27(3,4)38-21)18-30(19,8)33(24,37)15-14-29(23,32)7/h19,21-25,35-37H,10-18H2,1-9H3/t19-,21-,22+,23+,24-,25-,29-,30+,31-,32-,33-/m1/s1. The van der Waals surface area contributed by atoms with Crippen LogP contribution in [0.3, 0.4) is 0 Å². The van der Waals surface area contributed by atoms with Gasteiger partial charge in [0.2, 0.25) is 0 Å². The number of fused-ring (bicyclic) bond motifs is 6. The van der Waals surface area contributed by atoms with Gasteiger partial charge in [-0.1, -0.05) is 13.8 Å². The van der Waals surface area contributed by atoms with E-state index in [2.05, 4.69) is 20.8 Å². The second-order valence-electron chi connectivity index (χ2n) is 16.8.